The Hall–Kier alpha value is -1.70. The van der Waals surface area contributed by atoms with E-state index in [0.29, 0.717) is 24.1 Å². The van der Waals surface area contributed by atoms with Gasteiger partial charge in [-0.05, 0) is 49.5 Å². The number of rotatable bonds is 6. The number of aryl methyl sites for hydroxylation is 2. The number of amides is 1. The van der Waals surface area contributed by atoms with Gasteiger partial charge in [0.05, 0.1) is 4.90 Å². The molecular weight excluding hydrogens is 320 g/mol. The number of benzene rings is 1. The van der Waals surface area contributed by atoms with Crippen LogP contribution in [-0.4, -0.2) is 21.4 Å². The summed E-state index contributed by atoms with van der Waals surface area (Å²) in [5, 5.41) is 4.72. The largest absolute Gasteiger partial charge is 0.326 e. The number of hydrogen-bond donors (Lipinski definition) is 2. The molecule has 0 radical (unpaired) electrons. The van der Waals surface area contributed by atoms with Crippen LogP contribution >= 0.6 is 11.3 Å². The molecule has 118 valence electrons. The average molecular weight is 338 g/mol. The highest BCUT2D eigenvalue weighted by molar-refractivity contribution is 7.89. The van der Waals surface area contributed by atoms with E-state index in [1.165, 1.54) is 13.1 Å². The van der Waals surface area contributed by atoms with Crippen molar-refractivity contribution in [3.05, 3.63) is 46.2 Å². The molecule has 0 aliphatic rings. The van der Waals surface area contributed by atoms with Crippen molar-refractivity contribution in [2.24, 2.45) is 0 Å². The summed E-state index contributed by atoms with van der Waals surface area (Å²) >= 11 is 1.61. The quantitative estimate of drug-likeness (QED) is 0.850. The Kier molecular flexibility index (Phi) is 5.33. The van der Waals surface area contributed by atoms with Gasteiger partial charge < -0.3 is 5.32 Å². The minimum atomic E-state index is -3.53. The van der Waals surface area contributed by atoms with Crippen LogP contribution in [0.1, 0.15) is 16.9 Å². The Morgan fingerprint density at radius 2 is 2.05 bits per heavy atom. The number of thiophene rings is 1. The van der Waals surface area contributed by atoms with Crippen molar-refractivity contribution in [2.75, 3.05) is 12.4 Å². The smallest absolute Gasteiger partial charge is 0.240 e. The summed E-state index contributed by atoms with van der Waals surface area (Å²) in [6.45, 7) is 1.71. The van der Waals surface area contributed by atoms with Crippen LogP contribution in [0.3, 0.4) is 0 Å². The fraction of sp³-hybridized carbons (Fsp3) is 0.267. The van der Waals surface area contributed by atoms with Crippen LogP contribution in [0.25, 0.3) is 0 Å². The van der Waals surface area contributed by atoms with Crippen molar-refractivity contribution in [1.82, 2.24) is 4.72 Å². The second-order valence-corrected chi connectivity index (χ2v) is 7.70. The summed E-state index contributed by atoms with van der Waals surface area (Å²) in [6.07, 6.45) is 1.04. The number of nitrogens with one attached hydrogen (secondary N) is 2. The zero-order valence-corrected chi connectivity index (χ0v) is 14.1. The predicted octanol–water partition coefficient (Wildman–Crippen LogP) is 2.54. The van der Waals surface area contributed by atoms with Crippen LogP contribution in [0.2, 0.25) is 0 Å². The zero-order chi connectivity index (χ0) is 16.2. The Balaban J connectivity index is 2.06. The topological polar surface area (TPSA) is 75.3 Å². The summed E-state index contributed by atoms with van der Waals surface area (Å²) in [7, 11) is -2.17. The molecule has 1 amide bonds. The van der Waals surface area contributed by atoms with Crippen molar-refractivity contribution in [2.45, 2.75) is 24.7 Å². The lowest BCUT2D eigenvalue weighted by molar-refractivity contribution is -0.116. The number of anilines is 1. The van der Waals surface area contributed by atoms with Gasteiger partial charge in [0, 0.05) is 17.0 Å². The molecule has 0 bridgehead atoms. The standard InChI is InChI=1S/C15H18N2O3S2/c1-11-5-6-12(10-14(11)22(19,20)16-2)17-15(18)8-7-13-4-3-9-21-13/h3-6,9-10,16H,7-8H2,1-2H3,(H,17,18). The molecule has 2 aromatic rings. The minimum absolute atomic E-state index is 0.134. The average Bonchev–Trinajstić information content (AvgIpc) is 3.00. The van der Waals surface area contributed by atoms with Gasteiger partial charge in [-0.1, -0.05) is 12.1 Å². The second kappa shape index (κ2) is 7.04. The van der Waals surface area contributed by atoms with Gasteiger partial charge in [0.15, 0.2) is 0 Å². The normalized spacial score (nSPS) is 11.4. The Morgan fingerprint density at radius 1 is 1.27 bits per heavy atom. The summed E-state index contributed by atoms with van der Waals surface area (Å²) in [5.41, 5.74) is 1.11. The SMILES string of the molecule is CNS(=O)(=O)c1cc(NC(=O)CCc2cccs2)ccc1C. The third-order valence-corrected chi connectivity index (χ3v) is 5.70. The molecule has 22 heavy (non-hydrogen) atoms. The molecule has 0 saturated heterocycles. The number of carbonyl (C=O) groups is 1. The summed E-state index contributed by atoms with van der Waals surface area (Å²) in [4.78, 5) is 13.3. The first-order valence-corrected chi connectivity index (χ1v) is 9.15. The zero-order valence-electron chi connectivity index (χ0n) is 12.4. The molecule has 0 spiro atoms. The first-order valence-electron chi connectivity index (χ1n) is 6.79. The molecule has 0 saturated carbocycles. The molecule has 0 aliphatic heterocycles. The highest BCUT2D eigenvalue weighted by Crippen LogP contribution is 2.20. The van der Waals surface area contributed by atoms with Gasteiger partial charge in [-0.25, -0.2) is 13.1 Å². The van der Waals surface area contributed by atoms with Crippen LogP contribution in [0, 0.1) is 6.92 Å². The molecular formula is C15H18N2O3S2. The van der Waals surface area contributed by atoms with Crippen LogP contribution in [0.4, 0.5) is 5.69 Å². The molecule has 1 aromatic heterocycles. The van der Waals surface area contributed by atoms with Gasteiger partial charge in [0.1, 0.15) is 0 Å². The fourth-order valence-electron chi connectivity index (χ4n) is 1.99. The van der Waals surface area contributed by atoms with E-state index in [4.69, 9.17) is 0 Å². The molecule has 5 nitrogen and oxygen atoms in total. The number of sulfonamides is 1. The van der Waals surface area contributed by atoms with Crippen LogP contribution < -0.4 is 10.0 Å². The number of carbonyl (C=O) groups excluding carboxylic acids is 1. The molecule has 1 aromatic carbocycles. The molecule has 0 aliphatic carbocycles. The van der Waals surface area contributed by atoms with E-state index in [9.17, 15) is 13.2 Å². The van der Waals surface area contributed by atoms with E-state index in [1.54, 1.807) is 30.4 Å². The first kappa shape index (κ1) is 16.7. The maximum atomic E-state index is 12.0. The molecule has 2 rings (SSSR count). The van der Waals surface area contributed by atoms with Crippen molar-refractivity contribution in [3.63, 3.8) is 0 Å². The Morgan fingerprint density at radius 3 is 2.68 bits per heavy atom. The fourth-order valence-corrected chi connectivity index (χ4v) is 3.70. The lowest BCUT2D eigenvalue weighted by Gasteiger charge is -2.10. The van der Waals surface area contributed by atoms with Crippen molar-refractivity contribution in [3.8, 4) is 0 Å². The molecule has 2 N–H and O–H groups in total. The summed E-state index contributed by atoms with van der Waals surface area (Å²) in [6, 6.07) is 8.80. The summed E-state index contributed by atoms with van der Waals surface area (Å²) < 4.78 is 26.1. The van der Waals surface area contributed by atoms with Gasteiger partial charge in [-0.3, -0.25) is 4.79 Å². The Labute approximate surface area is 134 Å². The lowest BCUT2D eigenvalue weighted by Crippen LogP contribution is -2.20. The molecule has 0 atom stereocenters. The summed E-state index contributed by atoms with van der Waals surface area (Å²) in [5.74, 6) is -0.134. The minimum Gasteiger partial charge on any atom is -0.326 e. The second-order valence-electron chi connectivity index (χ2n) is 4.82. The predicted molar refractivity (Wildman–Crippen MR) is 88.7 cm³/mol. The van der Waals surface area contributed by atoms with Gasteiger partial charge in [-0.15, -0.1) is 11.3 Å². The van der Waals surface area contributed by atoms with Gasteiger partial charge in [0.25, 0.3) is 0 Å². The van der Waals surface area contributed by atoms with Gasteiger partial charge in [-0.2, -0.15) is 0 Å². The van der Waals surface area contributed by atoms with E-state index in [0.717, 1.165) is 4.88 Å². The third kappa shape index (κ3) is 4.16. The highest BCUT2D eigenvalue weighted by Gasteiger charge is 2.15. The molecule has 0 unspecified atom stereocenters. The van der Waals surface area contributed by atoms with Gasteiger partial charge in [0.2, 0.25) is 15.9 Å². The van der Waals surface area contributed by atoms with Gasteiger partial charge >= 0.3 is 0 Å². The molecule has 1 heterocycles. The van der Waals surface area contributed by atoms with E-state index in [-0.39, 0.29) is 10.8 Å². The maximum Gasteiger partial charge on any atom is 0.240 e. The first-order chi connectivity index (χ1) is 10.4. The van der Waals surface area contributed by atoms with Crippen molar-refractivity contribution < 1.29 is 13.2 Å². The van der Waals surface area contributed by atoms with E-state index in [2.05, 4.69) is 10.0 Å². The van der Waals surface area contributed by atoms with Crippen molar-refractivity contribution >= 4 is 33.0 Å². The van der Waals surface area contributed by atoms with Crippen LogP contribution in [-0.2, 0) is 21.2 Å². The van der Waals surface area contributed by atoms with E-state index >= 15 is 0 Å². The third-order valence-electron chi connectivity index (χ3n) is 3.21. The van der Waals surface area contributed by atoms with Crippen molar-refractivity contribution in [1.29, 1.82) is 0 Å². The molecule has 7 heteroatoms. The lowest BCUT2D eigenvalue weighted by atomic mass is 10.2. The molecule has 0 fully saturated rings. The Bertz CT molecular complexity index is 753. The van der Waals surface area contributed by atoms with E-state index < -0.39 is 10.0 Å². The number of hydrogen-bond acceptors (Lipinski definition) is 4. The van der Waals surface area contributed by atoms with E-state index in [1.807, 2.05) is 17.5 Å². The maximum absolute atomic E-state index is 12.0. The van der Waals surface area contributed by atoms with Crippen LogP contribution in [0.15, 0.2) is 40.6 Å². The van der Waals surface area contributed by atoms with Crippen LogP contribution in [0.5, 0.6) is 0 Å². The monoisotopic (exact) mass is 338 g/mol. The highest BCUT2D eigenvalue weighted by atomic mass is 32.2.